The van der Waals surface area contributed by atoms with Gasteiger partial charge in [0.2, 0.25) is 5.91 Å². The van der Waals surface area contributed by atoms with Crippen molar-refractivity contribution in [2.75, 3.05) is 23.1 Å². The maximum Gasteiger partial charge on any atom is 0.257 e. The van der Waals surface area contributed by atoms with Crippen LogP contribution in [0.5, 0.6) is 11.5 Å². The van der Waals surface area contributed by atoms with Gasteiger partial charge in [0.15, 0.2) is 11.5 Å². The summed E-state index contributed by atoms with van der Waals surface area (Å²) in [7, 11) is 1.48. The molecule has 7 heteroatoms. The second-order valence-corrected chi connectivity index (χ2v) is 7.48. The van der Waals surface area contributed by atoms with E-state index in [-0.39, 0.29) is 17.6 Å². The van der Waals surface area contributed by atoms with Crippen LogP contribution in [0.1, 0.15) is 23.6 Å². The molecule has 7 nitrogen and oxygen atoms in total. The molecule has 4 rings (SSSR count). The Morgan fingerprint density at radius 3 is 2.62 bits per heavy atom. The lowest BCUT2D eigenvalue weighted by Crippen LogP contribution is -2.05. The van der Waals surface area contributed by atoms with Crippen LogP contribution >= 0.6 is 0 Å². The molecule has 0 saturated heterocycles. The van der Waals surface area contributed by atoms with Gasteiger partial charge < -0.3 is 25.8 Å². The number of carbonyl (C=O) groups is 2. The van der Waals surface area contributed by atoms with Crippen LogP contribution in [0.4, 0.5) is 17.1 Å². The van der Waals surface area contributed by atoms with Crippen molar-refractivity contribution in [3.63, 3.8) is 0 Å². The lowest BCUT2D eigenvalue weighted by Gasteiger charge is -2.08. The molecule has 1 aliphatic heterocycles. The van der Waals surface area contributed by atoms with E-state index in [1.54, 1.807) is 18.3 Å². The summed E-state index contributed by atoms with van der Waals surface area (Å²) in [4.78, 5) is 23.8. The van der Waals surface area contributed by atoms with E-state index < -0.39 is 0 Å². The highest BCUT2D eigenvalue weighted by Gasteiger charge is 2.24. The quantitative estimate of drug-likeness (QED) is 0.437. The third kappa shape index (κ3) is 4.57. The number of carbonyl (C=O) groups excluding carboxylic acids is 2. The van der Waals surface area contributed by atoms with E-state index in [9.17, 15) is 14.7 Å². The molecule has 0 radical (unpaired) electrons. The van der Waals surface area contributed by atoms with Crippen molar-refractivity contribution >= 4 is 34.4 Å². The summed E-state index contributed by atoms with van der Waals surface area (Å²) in [5, 5.41) is 18.7. The zero-order chi connectivity index (χ0) is 22.7. The minimum Gasteiger partial charge on any atom is -0.504 e. The molecule has 0 saturated carbocycles. The minimum absolute atomic E-state index is 0.0101. The predicted octanol–water partition coefficient (Wildman–Crippen LogP) is 4.36. The monoisotopic (exact) mass is 429 g/mol. The van der Waals surface area contributed by atoms with Gasteiger partial charge in [0.1, 0.15) is 0 Å². The molecular weight excluding hydrogens is 406 g/mol. The molecule has 32 heavy (non-hydrogen) atoms. The summed E-state index contributed by atoms with van der Waals surface area (Å²) in [5.41, 5.74) is 5.51. The van der Waals surface area contributed by atoms with E-state index in [1.165, 1.54) is 20.1 Å². The Hall–Kier alpha value is -4.26. The van der Waals surface area contributed by atoms with Crippen LogP contribution in [0.2, 0.25) is 0 Å². The van der Waals surface area contributed by atoms with Gasteiger partial charge in [-0.2, -0.15) is 0 Å². The fraction of sp³-hybridized carbons (Fsp3) is 0.120. The van der Waals surface area contributed by atoms with Gasteiger partial charge in [0.05, 0.1) is 12.7 Å². The lowest BCUT2D eigenvalue weighted by molar-refractivity contribution is -0.114. The Kier molecular flexibility index (Phi) is 5.81. The first-order valence-corrected chi connectivity index (χ1v) is 10.1. The number of anilines is 3. The third-order valence-corrected chi connectivity index (χ3v) is 5.08. The molecule has 0 fully saturated rings. The van der Waals surface area contributed by atoms with E-state index in [4.69, 9.17) is 4.74 Å². The van der Waals surface area contributed by atoms with Gasteiger partial charge in [-0.1, -0.05) is 18.2 Å². The molecule has 0 aromatic heterocycles. The molecule has 3 aromatic rings. The van der Waals surface area contributed by atoms with Crippen LogP contribution in [-0.4, -0.2) is 24.0 Å². The first kappa shape index (κ1) is 21.0. The molecule has 0 bridgehead atoms. The molecule has 2 amide bonds. The van der Waals surface area contributed by atoms with Crippen molar-refractivity contribution in [3.8, 4) is 11.5 Å². The molecule has 0 atom stereocenters. The van der Waals surface area contributed by atoms with Crippen molar-refractivity contribution in [1.82, 2.24) is 0 Å². The van der Waals surface area contributed by atoms with Crippen LogP contribution in [-0.2, 0) is 16.0 Å². The summed E-state index contributed by atoms with van der Waals surface area (Å²) in [6.07, 6.45) is 2.28. The maximum atomic E-state index is 12.5. The second kappa shape index (κ2) is 8.85. The van der Waals surface area contributed by atoms with Gasteiger partial charge >= 0.3 is 0 Å². The molecule has 0 unspecified atom stereocenters. The van der Waals surface area contributed by atoms with Gasteiger partial charge in [-0.15, -0.1) is 0 Å². The summed E-state index contributed by atoms with van der Waals surface area (Å²) in [6, 6.07) is 18.5. The normalized spacial score (nSPS) is 13.4. The maximum absolute atomic E-state index is 12.5. The summed E-state index contributed by atoms with van der Waals surface area (Å²) in [5.74, 6) is 0.0714. The average molecular weight is 429 g/mol. The fourth-order valence-corrected chi connectivity index (χ4v) is 3.62. The van der Waals surface area contributed by atoms with Crippen LogP contribution in [0.3, 0.4) is 0 Å². The number of rotatable bonds is 6. The van der Waals surface area contributed by atoms with Gasteiger partial charge in [0.25, 0.3) is 5.91 Å². The van der Waals surface area contributed by atoms with Gasteiger partial charge in [-0.25, -0.2) is 0 Å². The number of fused-ring (bicyclic) bond motifs is 1. The molecule has 1 aliphatic rings. The van der Waals surface area contributed by atoms with Crippen LogP contribution in [0.15, 0.2) is 66.9 Å². The Labute approximate surface area is 185 Å². The zero-order valence-corrected chi connectivity index (χ0v) is 17.7. The van der Waals surface area contributed by atoms with Crippen LogP contribution in [0.25, 0.3) is 5.57 Å². The Morgan fingerprint density at radius 1 is 1.06 bits per heavy atom. The molecule has 0 spiro atoms. The molecule has 1 heterocycles. The smallest absolute Gasteiger partial charge is 0.257 e. The molecule has 4 N–H and O–H groups in total. The first-order chi connectivity index (χ1) is 15.4. The van der Waals surface area contributed by atoms with Crippen molar-refractivity contribution in [2.45, 2.75) is 13.3 Å². The number of ether oxygens (including phenoxy) is 1. The number of phenolic OH excluding ortho intramolecular Hbond substituents is 1. The average Bonchev–Trinajstić information content (AvgIpc) is 3.06. The lowest BCUT2D eigenvalue weighted by atomic mass is 9.99. The van der Waals surface area contributed by atoms with E-state index >= 15 is 0 Å². The molecule has 3 aromatic carbocycles. The number of hydrogen-bond donors (Lipinski definition) is 4. The summed E-state index contributed by atoms with van der Waals surface area (Å²) in [6.45, 7) is 1.48. The summed E-state index contributed by atoms with van der Waals surface area (Å²) < 4.78 is 5.05. The van der Waals surface area contributed by atoms with Crippen molar-refractivity contribution in [1.29, 1.82) is 0 Å². The number of methoxy groups -OCH3 is 1. The van der Waals surface area contributed by atoms with E-state index in [2.05, 4.69) is 16.0 Å². The highest BCUT2D eigenvalue weighted by Crippen LogP contribution is 2.34. The van der Waals surface area contributed by atoms with Crippen LogP contribution in [0, 0.1) is 0 Å². The Bertz CT molecular complexity index is 1230. The summed E-state index contributed by atoms with van der Waals surface area (Å²) >= 11 is 0. The molecule has 162 valence electrons. The number of aromatic hydroxyl groups is 1. The largest absolute Gasteiger partial charge is 0.504 e. The Morgan fingerprint density at radius 2 is 1.88 bits per heavy atom. The van der Waals surface area contributed by atoms with Crippen molar-refractivity contribution in [3.05, 3.63) is 83.6 Å². The van der Waals surface area contributed by atoms with E-state index in [1.807, 2.05) is 42.5 Å². The van der Waals surface area contributed by atoms with Gasteiger partial charge in [-0.3, -0.25) is 9.59 Å². The third-order valence-electron chi connectivity index (χ3n) is 5.08. The Balaban J connectivity index is 1.56. The SMILES string of the molecule is COc1ccc(N/C=C2/C(=O)Nc3ccc(Cc4cccc(NC(C)=O)c4)cc32)cc1O. The van der Waals surface area contributed by atoms with E-state index in [0.29, 0.717) is 23.4 Å². The number of amides is 2. The van der Waals surface area contributed by atoms with Crippen LogP contribution < -0.4 is 20.7 Å². The number of phenols is 1. The zero-order valence-electron chi connectivity index (χ0n) is 17.7. The van der Waals surface area contributed by atoms with E-state index in [0.717, 1.165) is 28.1 Å². The van der Waals surface area contributed by atoms with Gasteiger partial charge in [0, 0.05) is 41.8 Å². The highest BCUT2D eigenvalue weighted by molar-refractivity contribution is 6.31. The molecule has 0 aliphatic carbocycles. The number of hydrogen-bond acceptors (Lipinski definition) is 5. The fourth-order valence-electron chi connectivity index (χ4n) is 3.62. The first-order valence-electron chi connectivity index (χ1n) is 10.1. The van der Waals surface area contributed by atoms with Gasteiger partial charge in [-0.05, 0) is 53.9 Å². The number of benzene rings is 3. The topological polar surface area (TPSA) is 99.7 Å². The molecular formula is C25H23N3O4. The van der Waals surface area contributed by atoms with Crippen molar-refractivity contribution in [2.24, 2.45) is 0 Å². The minimum atomic E-state index is -0.199. The van der Waals surface area contributed by atoms with Crippen molar-refractivity contribution < 1.29 is 19.4 Å². The standard InChI is InChI=1S/C25H23N3O4/c1-15(29)27-19-5-3-4-16(11-19)10-17-6-8-22-20(12-17)21(25(31)28-22)14-26-18-7-9-24(32-2)23(30)13-18/h3-9,11-14,26,30H,10H2,1-2H3,(H,27,29)(H,28,31)/b21-14+. The predicted molar refractivity (Wildman–Crippen MR) is 125 cm³/mol. The second-order valence-electron chi connectivity index (χ2n) is 7.48. The number of nitrogens with one attached hydrogen (secondary N) is 3. The highest BCUT2D eigenvalue weighted by atomic mass is 16.5.